The number of rotatable bonds is 7. The van der Waals surface area contributed by atoms with Crippen molar-refractivity contribution in [3.8, 4) is 39.1 Å². The Hall–Kier alpha value is -8.66. The van der Waals surface area contributed by atoms with Gasteiger partial charge in [-0.1, -0.05) is 176 Å². The number of furan rings is 1. The Bertz CT molecular complexity index is 3900. The summed E-state index contributed by atoms with van der Waals surface area (Å²) in [6.45, 7) is 0. The molecule has 0 aliphatic rings. The molecule has 0 bridgehead atoms. The van der Waals surface area contributed by atoms with Crippen molar-refractivity contribution in [1.82, 2.24) is 4.57 Å². The van der Waals surface area contributed by atoms with Crippen LogP contribution in [0.4, 0.5) is 17.1 Å². The van der Waals surface area contributed by atoms with Crippen LogP contribution in [0.5, 0.6) is 0 Å². The van der Waals surface area contributed by atoms with E-state index in [-0.39, 0.29) is 0 Å². The second-order valence-corrected chi connectivity index (χ2v) is 16.9. The molecule has 0 saturated carbocycles. The topological polar surface area (TPSA) is 21.3 Å². The lowest BCUT2D eigenvalue weighted by Crippen LogP contribution is -2.11. The molecule has 0 spiro atoms. The fourth-order valence-electron chi connectivity index (χ4n) is 10.1. The highest BCUT2D eigenvalue weighted by atomic mass is 16.3. The van der Waals surface area contributed by atoms with Crippen molar-refractivity contribution in [2.45, 2.75) is 0 Å². The van der Waals surface area contributed by atoms with Crippen molar-refractivity contribution in [1.29, 1.82) is 0 Å². The zero-order chi connectivity index (χ0) is 42.8. The summed E-state index contributed by atoms with van der Waals surface area (Å²) >= 11 is 0. The predicted molar refractivity (Wildman–Crippen MR) is 274 cm³/mol. The third kappa shape index (κ3) is 6.12. The standard InChI is InChI=1S/C62H40N2O/c1-2-15-45-39-47(28-27-41(45)13-1)43-31-36-49(37-32-43)63(58-24-8-7-21-54(58)55-22-12-23-56-57-38-33-44-14-3-4-18-51(44)61(57)65-62(55)56)48-34-29-42(30-35-48)46-16-11-17-50(40-46)64-59-25-9-5-19-52(59)53-20-6-10-26-60(53)64/h1-40H. The minimum absolute atomic E-state index is 0.886. The van der Waals surface area contributed by atoms with Crippen LogP contribution in [0.25, 0.3) is 104 Å². The molecule has 0 atom stereocenters. The zero-order valence-electron chi connectivity index (χ0n) is 35.4. The maximum Gasteiger partial charge on any atom is 0.143 e. The molecule has 11 aromatic carbocycles. The first kappa shape index (κ1) is 36.9. The van der Waals surface area contributed by atoms with E-state index in [1.807, 2.05) is 0 Å². The van der Waals surface area contributed by atoms with Crippen LogP contribution in [0, 0.1) is 0 Å². The lowest BCUT2D eigenvalue weighted by Gasteiger charge is -2.28. The third-order valence-corrected chi connectivity index (χ3v) is 13.2. The van der Waals surface area contributed by atoms with Crippen LogP contribution in [0.3, 0.4) is 0 Å². The Morgan fingerprint density at radius 3 is 1.57 bits per heavy atom. The maximum atomic E-state index is 6.92. The number of aromatic nitrogens is 1. The molecular weight excluding hydrogens is 789 g/mol. The Kier molecular flexibility index (Phi) is 8.53. The van der Waals surface area contributed by atoms with Gasteiger partial charge >= 0.3 is 0 Å². The summed E-state index contributed by atoms with van der Waals surface area (Å²) in [7, 11) is 0. The van der Waals surface area contributed by atoms with Crippen LogP contribution >= 0.6 is 0 Å². The summed E-state index contributed by atoms with van der Waals surface area (Å²) in [5.74, 6) is 0. The number of benzene rings is 11. The van der Waals surface area contributed by atoms with Gasteiger partial charge in [0.1, 0.15) is 11.2 Å². The Balaban J connectivity index is 0.944. The molecule has 0 aliphatic carbocycles. The average molecular weight is 829 g/mol. The van der Waals surface area contributed by atoms with E-state index in [4.69, 9.17) is 4.42 Å². The normalized spacial score (nSPS) is 11.7. The second kappa shape index (κ2) is 15.0. The fourth-order valence-corrected chi connectivity index (χ4v) is 10.1. The van der Waals surface area contributed by atoms with Crippen molar-refractivity contribution in [3.05, 3.63) is 243 Å². The van der Waals surface area contributed by atoms with Gasteiger partial charge in [-0.3, -0.25) is 0 Å². The lowest BCUT2D eigenvalue weighted by atomic mass is 9.98. The predicted octanol–water partition coefficient (Wildman–Crippen LogP) is 17.5. The number of hydrogen-bond acceptors (Lipinski definition) is 2. The highest BCUT2D eigenvalue weighted by molar-refractivity contribution is 6.18. The van der Waals surface area contributed by atoms with E-state index >= 15 is 0 Å². The van der Waals surface area contributed by atoms with E-state index in [9.17, 15) is 0 Å². The molecular formula is C62H40N2O. The van der Waals surface area contributed by atoms with Gasteiger partial charge in [0.05, 0.1) is 16.7 Å². The molecule has 0 N–H and O–H groups in total. The summed E-state index contributed by atoms with van der Waals surface area (Å²) < 4.78 is 9.30. The van der Waals surface area contributed by atoms with Gasteiger partial charge in [-0.25, -0.2) is 0 Å². The molecule has 0 unspecified atom stereocenters. The second-order valence-electron chi connectivity index (χ2n) is 16.9. The third-order valence-electron chi connectivity index (χ3n) is 13.2. The van der Waals surface area contributed by atoms with Gasteiger partial charge in [0.25, 0.3) is 0 Å². The fraction of sp³-hybridized carbons (Fsp3) is 0. The van der Waals surface area contributed by atoms with E-state index in [2.05, 4.69) is 252 Å². The number of fused-ring (bicyclic) bond motifs is 9. The quantitative estimate of drug-likeness (QED) is 0.160. The van der Waals surface area contributed by atoms with E-state index in [0.29, 0.717) is 0 Å². The molecule has 0 amide bonds. The molecule has 2 aromatic heterocycles. The van der Waals surface area contributed by atoms with E-state index < -0.39 is 0 Å². The molecule has 3 nitrogen and oxygen atoms in total. The lowest BCUT2D eigenvalue weighted by molar-refractivity contribution is 0.674. The minimum Gasteiger partial charge on any atom is -0.455 e. The van der Waals surface area contributed by atoms with Crippen LogP contribution in [-0.4, -0.2) is 4.57 Å². The molecule has 0 saturated heterocycles. The molecule has 0 radical (unpaired) electrons. The summed E-state index contributed by atoms with van der Waals surface area (Å²) in [5, 5.41) is 9.51. The molecule has 0 aliphatic heterocycles. The molecule has 304 valence electrons. The summed E-state index contributed by atoms with van der Waals surface area (Å²) in [6.07, 6.45) is 0. The average Bonchev–Trinajstić information content (AvgIpc) is 3.94. The van der Waals surface area contributed by atoms with Crippen molar-refractivity contribution in [2.24, 2.45) is 0 Å². The van der Waals surface area contributed by atoms with Crippen molar-refractivity contribution >= 4 is 82.4 Å². The minimum atomic E-state index is 0.886. The molecule has 13 rings (SSSR count). The first-order chi connectivity index (χ1) is 32.2. The molecule has 13 aromatic rings. The summed E-state index contributed by atoms with van der Waals surface area (Å²) in [6, 6.07) is 87.6. The van der Waals surface area contributed by atoms with Crippen LogP contribution < -0.4 is 4.90 Å². The number of nitrogens with zero attached hydrogens (tertiary/aromatic N) is 2. The van der Waals surface area contributed by atoms with Gasteiger partial charge in [0.2, 0.25) is 0 Å². The highest BCUT2D eigenvalue weighted by Crippen LogP contribution is 2.46. The summed E-state index contributed by atoms with van der Waals surface area (Å²) in [5.41, 5.74) is 15.3. The Morgan fingerprint density at radius 1 is 0.308 bits per heavy atom. The van der Waals surface area contributed by atoms with E-state index in [0.717, 1.165) is 72.3 Å². The van der Waals surface area contributed by atoms with Crippen LogP contribution in [0.1, 0.15) is 0 Å². The number of anilines is 3. The van der Waals surface area contributed by atoms with Gasteiger partial charge in [-0.15, -0.1) is 0 Å². The van der Waals surface area contributed by atoms with Gasteiger partial charge in [0, 0.05) is 55.1 Å². The van der Waals surface area contributed by atoms with E-state index in [1.165, 1.54) is 49.1 Å². The largest absolute Gasteiger partial charge is 0.455 e. The van der Waals surface area contributed by atoms with Crippen LogP contribution in [0.2, 0.25) is 0 Å². The smallest absolute Gasteiger partial charge is 0.143 e. The van der Waals surface area contributed by atoms with Gasteiger partial charge in [-0.05, 0) is 105 Å². The first-order valence-electron chi connectivity index (χ1n) is 22.2. The summed E-state index contributed by atoms with van der Waals surface area (Å²) in [4.78, 5) is 2.38. The molecule has 65 heavy (non-hydrogen) atoms. The maximum absolute atomic E-state index is 6.92. The van der Waals surface area contributed by atoms with E-state index in [1.54, 1.807) is 0 Å². The van der Waals surface area contributed by atoms with Crippen LogP contribution in [0.15, 0.2) is 247 Å². The van der Waals surface area contributed by atoms with Crippen molar-refractivity contribution in [3.63, 3.8) is 0 Å². The Labute approximate surface area is 376 Å². The van der Waals surface area contributed by atoms with Gasteiger partial charge < -0.3 is 13.9 Å². The number of para-hydroxylation sites is 4. The van der Waals surface area contributed by atoms with Gasteiger partial charge in [0.15, 0.2) is 0 Å². The van der Waals surface area contributed by atoms with Gasteiger partial charge in [-0.2, -0.15) is 0 Å². The number of hydrogen-bond donors (Lipinski definition) is 0. The molecule has 2 heterocycles. The highest BCUT2D eigenvalue weighted by Gasteiger charge is 2.21. The van der Waals surface area contributed by atoms with Crippen molar-refractivity contribution < 1.29 is 4.42 Å². The monoisotopic (exact) mass is 828 g/mol. The zero-order valence-corrected chi connectivity index (χ0v) is 35.4. The Morgan fingerprint density at radius 2 is 0.831 bits per heavy atom. The SMILES string of the molecule is c1cc(-c2ccc(N(c3ccc(-c4ccc5ccccc5c4)cc3)c3ccccc3-c3cccc4c3oc3c5ccccc5ccc43)cc2)cc(-n2c3ccccc3c3ccccc32)c1. The first-order valence-corrected chi connectivity index (χ1v) is 22.2. The van der Waals surface area contributed by atoms with Crippen LogP contribution in [-0.2, 0) is 0 Å². The molecule has 3 heteroatoms. The van der Waals surface area contributed by atoms with Crippen molar-refractivity contribution in [2.75, 3.05) is 4.90 Å². The molecule has 0 fully saturated rings.